The molecule has 9 nitrogen and oxygen atoms in total. The number of hydrogen-bond donors (Lipinski definition) is 2. The summed E-state index contributed by atoms with van der Waals surface area (Å²) in [5.74, 6) is -1.88. The zero-order valence-electron chi connectivity index (χ0n) is 18.1. The summed E-state index contributed by atoms with van der Waals surface area (Å²) in [4.78, 5) is 55.4. The Hall–Kier alpha value is -2.78. The van der Waals surface area contributed by atoms with Crippen molar-refractivity contribution in [3.05, 3.63) is 29.3 Å². The van der Waals surface area contributed by atoms with Gasteiger partial charge in [-0.15, -0.1) is 0 Å². The number of carbonyl (C=O) groups excluding carboxylic acids is 4. The minimum Gasteiger partial charge on any atom is -0.371 e. The van der Waals surface area contributed by atoms with Crippen LogP contribution in [0.5, 0.6) is 0 Å². The highest BCUT2D eigenvalue weighted by atomic mass is 16.2. The smallest absolute Gasteiger partial charge is 0.262 e. The monoisotopic (exact) mass is 439 g/mol. The van der Waals surface area contributed by atoms with Crippen LogP contribution < -0.4 is 16.0 Å². The minimum atomic E-state index is -0.933. The Balaban J connectivity index is 1.27. The molecular weight excluding hydrogens is 410 g/mol. The summed E-state index contributed by atoms with van der Waals surface area (Å²) in [6.45, 7) is 3.92. The number of anilines is 1. The lowest BCUT2D eigenvalue weighted by Crippen LogP contribution is -2.54. The number of likely N-dealkylation sites (tertiary alicyclic amines) is 1. The van der Waals surface area contributed by atoms with Crippen molar-refractivity contribution in [2.75, 3.05) is 31.1 Å². The van der Waals surface area contributed by atoms with Crippen LogP contribution in [0.1, 0.15) is 59.2 Å². The predicted octanol–water partition coefficient (Wildman–Crippen LogP) is 0.480. The summed E-state index contributed by atoms with van der Waals surface area (Å²) in [7, 11) is 0. The third-order valence-corrected chi connectivity index (χ3v) is 7.34. The molecule has 170 valence electrons. The number of benzene rings is 1. The van der Waals surface area contributed by atoms with Crippen LogP contribution in [0, 0.1) is 0 Å². The van der Waals surface area contributed by atoms with Crippen molar-refractivity contribution >= 4 is 29.3 Å². The van der Waals surface area contributed by atoms with E-state index >= 15 is 0 Å². The fourth-order valence-electron chi connectivity index (χ4n) is 5.43. The third kappa shape index (κ3) is 3.69. The predicted molar refractivity (Wildman–Crippen MR) is 117 cm³/mol. The first-order valence-electron chi connectivity index (χ1n) is 11.5. The zero-order chi connectivity index (χ0) is 22.4. The lowest BCUT2D eigenvalue weighted by Gasteiger charge is -2.42. The van der Waals surface area contributed by atoms with Gasteiger partial charge in [0.15, 0.2) is 0 Å². The lowest BCUT2D eigenvalue weighted by atomic mass is 9.97. The van der Waals surface area contributed by atoms with Crippen LogP contribution in [-0.4, -0.2) is 77.7 Å². The SMILES string of the molecule is NC1CCN(C2CCN(c3ccc4c(c3)C(=O)N(C3CCC(=O)NC3=O)C4=O)CC2)CC1. The number of imide groups is 2. The highest BCUT2D eigenvalue weighted by Gasteiger charge is 2.44. The second-order valence-corrected chi connectivity index (χ2v) is 9.27. The molecule has 9 heteroatoms. The van der Waals surface area contributed by atoms with Crippen molar-refractivity contribution in [1.82, 2.24) is 15.1 Å². The van der Waals surface area contributed by atoms with Crippen molar-refractivity contribution < 1.29 is 19.2 Å². The number of rotatable bonds is 3. The van der Waals surface area contributed by atoms with Gasteiger partial charge in [-0.05, 0) is 63.4 Å². The van der Waals surface area contributed by atoms with E-state index in [1.54, 1.807) is 12.1 Å². The molecule has 3 N–H and O–H groups in total. The van der Waals surface area contributed by atoms with E-state index in [1.165, 1.54) is 0 Å². The summed E-state index contributed by atoms with van der Waals surface area (Å²) in [6, 6.07) is 5.32. The zero-order valence-corrected chi connectivity index (χ0v) is 18.1. The summed E-state index contributed by atoms with van der Waals surface area (Å²) < 4.78 is 0. The number of carbonyl (C=O) groups is 4. The Bertz CT molecular complexity index is 963. The molecule has 32 heavy (non-hydrogen) atoms. The molecule has 4 aliphatic heterocycles. The fourth-order valence-corrected chi connectivity index (χ4v) is 5.43. The number of nitrogens with one attached hydrogen (secondary N) is 1. The van der Waals surface area contributed by atoms with Crippen LogP contribution in [0.3, 0.4) is 0 Å². The van der Waals surface area contributed by atoms with E-state index in [4.69, 9.17) is 5.73 Å². The molecule has 0 saturated carbocycles. The Morgan fingerprint density at radius 1 is 0.844 bits per heavy atom. The van der Waals surface area contributed by atoms with E-state index < -0.39 is 23.8 Å². The molecule has 3 saturated heterocycles. The van der Waals surface area contributed by atoms with Gasteiger partial charge in [-0.2, -0.15) is 0 Å². The van der Waals surface area contributed by atoms with Gasteiger partial charge in [-0.1, -0.05) is 0 Å². The van der Waals surface area contributed by atoms with Crippen LogP contribution in [0.25, 0.3) is 0 Å². The second-order valence-electron chi connectivity index (χ2n) is 9.27. The van der Waals surface area contributed by atoms with Gasteiger partial charge >= 0.3 is 0 Å². The first-order chi connectivity index (χ1) is 15.4. The molecule has 4 heterocycles. The maximum absolute atomic E-state index is 13.1. The third-order valence-electron chi connectivity index (χ3n) is 7.34. The number of piperidine rings is 3. The highest BCUT2D eigenvalue weighted by Crippen LogP contribution is 2.32. The standard InChI is InChI=1S/C23H29N5O4/c24-14-5-9-26(10-6-14)15-7-11-27(12-8-15)16-1-2-17-18(13-16)23(32)28(22(17)31)19-3-4-20(29)25-21(19)30/h1-2,13-15,19H,3-12,24H2,(H,25,29,30). The molecular formula is C23H29N5O4. The Morgan fingerprint density at radius 2 is 1.53 bits per heavy atom. The van der Waals surface area contributed by atoms with Gasteiger partial charge in [0.25, 0.3) is 11.8 Å². The molecule has 0 spiro atoms. The van der Waals surface area contributed by atoms with Gasteiger partial charge in [-0.3, -0.25) is 29.4 Å². The Morgan fingerprint density at radius 3 is 2.22 bits per heavy atom. The molecule has 5 rings (SSSR count). The molecule has 3 fully saturated rings. The first kappa shape index (κ1) is 21.1. The molecule has 4 aliphatic rings. The number of amides is 4. The van der Waals surface area contributed by atoms with Crippen molar-refractivity contribution in [1.29, 1.82) is 0 Å². The van der Waals surface area contributed by atoms with Gasteiger partial charge < -0.3 is 15.5 Å². The molecule has 1 atom stereocenters. The molecule has 0 aromatic heterocycles. The quantitative estimate of drug-likeness (QED) is 0.658. The van der Waals surface area contributed by atoms with E-state index in [0.29, 0.717) is 23.2 Å². The van der Waals surface area contributed by atoms with E-state index in [-0.39, 0.29) is 18.7 Å². The molecule has 1 aromatic rings. The average Bonchev–Trinajstić information content (AvgIpc) is 3.04. The maximum atomic E-state index is 13.1. The number of hydrogen-bond acceptors (Lipinski definition) is 7. The van der Waals surface area contributed by atoms with Crippen LogP contribution >= 0.6 is 0 Å². The number of fused-ring (bicyclic) bond motifs is 1. The fraction of sp³-hybridized carbons (Fsp3) is 0.565. The topological polar surface area (TPSA) is 116 Å². The van der Waals surface area contributed by atoms with E-state index in [1.807, 2.05) is 6.07 Å². The molecule has 0 aliphatic carbocycles. The van der Waals surface area contributed by atoms with Crippen LogP contribution in [0.15, 0.2) is 18.2 Å². The van der Waals surface area contributed by atoms with Crippen molar-refractivity contribution in [3.63, 3.8) is 0 Å². The molecule has 1 unspecified atom stereocenters. The van der Waals surface area contributed by atoms with Gasteiger partial charge in [0.2, 0.25) is 11.8 Å². The summed E-state index contributed by atoms with van der Waals surface area (Å²) in [5, 5.41) is 2.23. The molecule has 4 amide bonds. The van der Waals surface area contributed by atoms with Crippen LogP contribution in [-0.2, 0) is 9.59 Å². The van der Waals surface area contributed by atoms with Crippen molar-refractivity contribution in [2.45, 2.75) is 56.7 Å². The Labute approximate surface area is 186 Å². The number of nitrogens with zero attached hydrogens (tertiary/aromatic N) is 3. The van der Waals surface area contributed by atoms with Gasteiger partial charge in [0, 0.05) is 37.3 Å². The van der Waals surface area contributed by atoms with Gasteiger partial charge in [0.05, 0.1) is 11.1 Å². The summed E-state index contributed by atoms with van der Waals surface area (Å²) in [5.41, 5.74) is 7.62. The second kappa shape index (κ2) is 8.29. The van der Waals surface area contributed by atoms with E-state index in [9.17, 15) is 19.2 Å². The lowest BCUT2D eigenvalue weighted by molar-refractivity contribution is -0.136. The highest BCUT2D eigenvalue weighted by molar-refractivity contribution is 6.23. The molecule has 1 aromatic carbocycles. The van der Waals surface area contributed by atoms with E-state index in [2.05, 4.69) is 15.1 Å². The van der Waals surface area contributed by atoms with Gasteiger partial charge in [0.1, 0.15) is 6.04 Å². The van der Waals surface area contributed by atoms with Gasteiger partial charge in [-0.25, -0.2) is 0 Å². The number of nitrogens with two attached hydrogens (primary N) is 1. The van der Waals surface area contributed by atoms with E-state index in [0.717, 1.165) is 62.4 Å². The molecule has 0 radical (unpaired) electrons. The normalized spacial score (nSPS) is 26.0. The minimum absolute atomic E-state index is 0.118. The summed E-state index contributed by atoms with van der Waals surface area (Å²) in [6.07, 6.45) is 4.52. The maximum Gasteiger partial charge on any atom is 0.262 e. The van der Waals surface area contributed by atoms with Crippen molar-refractivity contribution in [3.8, 4) is 0 Å². The average molecular weight is 440 g/mol. The van der Waals surface area contributed by atoms with Crippen LogP contribution in [0.4, 0.5) is 5.69 Å². The first-order valence-corrected chi connectivity index (χ1v) is 11.5. The summed E-state index contributed by atoms with van der Waals surface area (Å²) >= 11 is 0. The van der Waals surface area contributed by atoms with Crippen molar-refractivity contribution in [2.24, 2.45) is 5.73 Å². The Kier molecular flexibility index (Phi) is 5.46. The van der Waals surface area contributed by atoms with Crippen LogP contribution in [0.2, 0.25) is 0 Å². The largest absolute Gasteiger partial charge is 0.371 e. The molecule has 0 bridgehead atoms.